The molecule has 0 aliphatic rings. The summed E-state index contributed by atoms with van der Waals surface area (Å²) in [6.45, 7) is 2.25. The summed E-state index contributed by atoms with van der Waals surface area (Å²) in [6, 6.07) is 10.3. The predicted molar refractivity (Wildman–Crippen MR) is 89.9 cm³/mol. The molecule has 2 rings (SSSR count). The topological polar surface area (TPSA) is 52.0 Å². The van der Waals surface area contributed by atoms with E-state index in [0.29, 0.717) is 0 Å². The van der Waals surface area contributed by atoms with E-state index in [9.17, 15) is 0 Å². The van der Waals surface area contributed by atoms with E-state index in [2.05, 4.69) is 19.1 Å². The zero-order chi connectivity index (χ0) is 14.4. The van der Waals surface area contributed by atoms with E-state index in [4.69, 9.17) is 11.5 Å². The number of rotatable bonds is 7. The van der Waals surface area contributed by atoms with Gasteiger partial charge >= 0.3 is 0 Å². The van der Waals surface area contributed by atoms with E-state index in [1.54, 1.807) is 0 Å². The average Bonchev–Trinajstić information content (AvgIpc) is 2.44. The molecule has 0 saturated carbocycles. The van der Waals surface area contributed by atoms with Crippen LogP contribution >= 0.6 is 0 Å². The molecule has 0 unspecified atom stereocenters. The Balaban J connectivity index is 1.98. The molecule has 0 saturated heterocycles. The molecular weight excluding hydrogens is 244 g/mol. The maximum Gasteiger partial charge on any atom is 0.0394 e. The van der Waals surface area contributed by atoms with Crippen LogP contribution in [0.5, 0.6) is 0 Å². The normalized spacial score (nSPS) is 11.1. The molecule has 2 nitrogen and oxygen atoms in total. The molecule has 0 atom stereocenters. The first-order valence-electron chi connectivity index (χ1n) is 7.79. The van der Waals surface area contributed by atoms with Gasteiger partial charge in [0, 0.05) is 16.8 Å². The van der Waals surface area contributed by atoms with Crippen molar-refractivity contribution in [3.05, 3.63) is 35.9 Å². The highest BCUT2D eigenvalue weighted by atomic mass is 14.6. The smallest absolute Gasteiger partial charge is 0.0394 e. The third-order valence-corrected chi connectivity index (χ3v) is 3.97. The van der Waals surface area contributed by atoms with Gasteiger partial charge in [-0.3, -0.25) is 0 Å². The number of aryl methyl sites for hydroxylation is 1. The molecule has 0 aliphatic heterocycles. The lowest BCUT2D eigenvalue weighted by Crippen LogP contribution is -1.96. The molecule has 2 aromatic rings. The minimum absolute atomic E-state index is 0.806. The first-order chi connectivity index (χ1) is 9.72. The minimum atomic E-state index is 0.806. The fourth-order valence-corrected chi connectivity index (χ4v) is 2.73. The summed E-state index contributed by atoms with van der Waals surface area (Å²) in [5, 5.41) is 2.26. The molecule has 0 spiro atoms. The predicted octanol–water partition coefficient (Wildman–Crippen LogP) is 4.91. The van der Waals surface area contributed by atoms with Gasteiger partial charge in [-0.05, 0) is 42.0 Å². The van der Waals surface area contributed by atoms with E-state index in [1.165, 1.54) is 49.5 Å². The van der Waals surface area contributed by atoms with Gasteiger partial charge in [-0.2, -0.15) is 0 Å². The number of unbranched alkanes of at least 4 members (excludes halogenated alkanes) is 5. The summed E-state index contributed by atoms with van der Waals surface area (Å²) in [6.07, 6.45) is 8.96. The third-order valence-electron chi connectivity index (χ3n) is 3.97. The Morgan fingerprint density at radius 2 is 1.60 bits per heavy atom. The Labute approximate surface area is 122 Å². The molecule has 2 aromatic carbocycles. The van der Waals surface area contributed by atoms with Crippen molar-refractivity contribution in [2.75, 3.05) is 11.5 Å². The fourth-order valence-electron chi connectivity index (χ4n) is 2.73. The molecule has 108 valence electrons. The van der Waals surface area contributed by atoms with Gasteiger partial charge in [-0.1, -0.05) is 51.2 Å². The third kappa shape index (κ3) is 3.66. The molecule has 0 amide bonds. The quantitative estimate of drug-likeness (QED) is 0.555. The number of nitrogens with two attached hydrogens (primary N) is 2. The number of fused-ring (bicyclic) bond motifs is 1. The standard InChI is InChI=1S/C18H26N2/c1-2-3-4-5-6-7-9-15-12-14-10-8-11-17(19)16(14)13-18(15)20/h8,10-13H,2-7,9,19-20H2,1H3. The summed E-state index contributed by atoms with van der Waals surface area (Å²) in [5.74, 6) is 0. The fraction of sp³-hybridized carbons (Fsp3) is 0.444. The van der Waals surface area contributed by atoms with Gasteiger partial charge in [0.2, 0.25) is 0 Å². The van der Waals surface area contributed by atoms with Gasteiger partial charge in [0.25, 0.3) is 0 Å². The van der Waals surface area contributed by atoms with E-state index in [0.717, 1.165) is 23.2 Å². The number of anilines is 2. The van der Waals surface area contributed by atoms with Crippen molar-refractivity contribution in [3.63, 3.8) is 0 Å². The Morgan fingerprint density at radius 3 is 2.40 bits per heavy atom. The second-order valence-electron chi connectivity index (χ2n) is 5.64. The van der Waals surface area contributed by atoms with Crippen molar-refractivity contribution in [2.24, 2.45) is 0 Å². The first kappa shape index (κ1) is 14.7. The van der Waals surface area contributed by atoms with E-state index in [1.807, 2.05) is 18.2 Å². The Morgan fingerprint density at radius 1 is 0.850 bits per heavy atom. The van der Waals surface area contributed by atoms with Crippen molar-refractivity contribution in [3.8, 4) is 0 Å². The maximum absolute atomic E-state index is 6.16. The van der Waals surface area contributed by atoms with E-state index in [-0.39, 0.29) is 0 Å². The van der Waals surface area contributed by atoms with Gasteiger partial charge < -0.3 is 11.5 Å². The van der Waals surface area contributed by atoms with E-state index >= 15 is 0 Å². The van der Waals surface area contributed by atoms with Crippen LogP contribution in [0.2, 0.25) is 0 Å². The summed E-state index contributed by atoms with van der Waals surface area (Å²) < 4.78 is 0. The average molecular weight is 270 g/mol. The second kappa shape index (κ2) is 7.18. The second-order valence-corrected chi connectivity index (χ2v) is 5.64. The zero-order valence-corrected chi connectivity index (χ0v) is 12.5. The molecule has 0 aromatic heterocycles. The first-order valence-corrected chi connectivity index (χ1v) is 7.79. The van der Waals surface area contributed by atoms with Crippen LogP contribution in [0, 0.1) is 0 Å². The van der Waals surface area contributed by atoms with Crippen LogP contribution < -0.4 is 11.5 Å². The van der Waals surface area contributed by atoms with Gasteiger partial charge in [0.1, 0.15) is 0 Å². The molecule has 0 radical (unpaired) electrons. The minimum Gasteiger partial charge on any atom is -0.398 e. The summed E-state index contributed by atoms with van der Waals surface area (Å²) in [4.78, 5) is 0. The number of nitrogen functional groups attached to an aromatic ring is 2. The number of hydrogen-bond acceptors (Lipinski definition) is 2. The van der Waals surface area contributed by atoms with Crippen LogP contribution in [0.4, 0.5) is 11.4 Å². The lowest BCUT2D eigenvalue weighted by Gasteiger charge is -2.09. The van der Waals surface area contributed by atoms with Crippen LogP contribution in [-0.4, -0.2) is 0 Å². The molecule has 0 bridgehead atoms. The maximum atomic E-state index is 6.16. The molecular formula is C18H26N2. The molecule has 0 fully saturated rings. The number of benzene rings is 2. The summed E-state index contributed by atoms with van der Waals surface area (Å²) in [7, 11) is 0. The highest BCUT2D eigenvalue weighted by molar-refractivity contribution is 5.95. The SMILES string of the molecule is CCCCCCCCc1cc2cccc(N)c2cc1N. The largest absolute Gasteiger partial charge is 0.398 e. The van der Waals surface area contributed by atoms with Crippen LogP contribution in [-0.2, 0) is 6.42 Å². The lowest BCUT2D eigenvalue weighted by molar-refractivity contribution is 0.608. The van der Waals surface area contributed by atoms with E-state index < -0.39 is 0 Å². The van der Waals surface area contributed by atoms with Gasteiger partial charge in [0.15, 0.2) is 0 Å². The van der Waals surface area contributed by atoms with Gasteiger partial charge in [-0.15, -0.1) is 0 Å². The Hall–Kier alpha value is -1.70. The molecule has 4 N–H and O–H groups in total. The molecule has 20 heavy (non-hydrogen) atoms. The van der Waals surface area contributed by atoms with Crippen molar-refractivity contribution < 1.29 is 0 Å². The van der Waals surface area contributed by atoms with Crippen LogP contribution in [0.15, 0.2) is 30.3 Å². The zero-order valence-electron chi connectivity index (χ0n) is 12.5. The Bertz CT molecular complexity index is 561. The van der Waals surface area contributed by atoms with Gasteiger partial charge in [-0.25, -0.2) is 0 Å². The van der Waals surface area contributed by atoms with Crippen LogP contribution in [0.25, 0.3) is 10.8 Å². The van der Waals surface area contributed by atoms with Gasteiger partial charge in [0.05, 0.1) is 0 Å². The van der Waals surface area contributed by atoms with Crippen molar-refractivity contribution >= 4 is 22.1 Å². The van der Waals surface area contributed by atoms with Crippen molar-refractivity contribution in [1.29, 1.82) is 0 Å². The van der Waals surface area contributed by atoms with Crippen molar-refractivity contribution in [1.82, 2.24) is 0 Å². The highest BCUT2D eigenvalue weighted by Crippen LogP contribution is 2.27. The molecule has 0 heterocycles. The highest BCUT2D eigenvalue weighted by Gasteiger charge is 2.04. The van der Waals surface area contributed by atoms with Crippen LogP contribution in [0.3, 0.4) is 0 Å². The summed E-state index contributed by atoms with van der Waals surface area (Å²) >= 11 is 0. The monoisotopic (exact) mass is 270 g/mol. The Kier molecular flexibility index (Phi) is 5.28. The van der Waals surface area contributed by atoms with Crippen LogP contribution in [0.1, 0.15) is 51.0 Å². The summed E-state index contributed by atoms with van der Waals surface area (Å²) in [5.41, 5.74) is 15.1. The number of hydrogen-bond donors (Lipinski definition) is 2. The lowest BCUT2D eigenvalue weighted by atomic mass is 9.99. The van der Waals surface area contributed by atoms with Crippen molar-refractivity contribution in [2.45, 2.75) is 51.9 Å². The molecule has 0 aliphatic carbocycles. The molecule has 2 heteroatoms.